The Labute approximate surface area is 69.1 Å². The van der Waals surface area contributed by atoms with Crippen molar-refractivity contribution in [1.82, 2.24) is 9.55 Å². The predicted octanol–water partition coefficient (Wildman–Crippen LogP) is 1.39. The third-order valence-corrected chi connectivity index (χ3v) is 1.64. The Morgan fingerprint density at radius 3 is 2.92 bits per heavy atom. The van der Waals surface area contributed by atoms with Gasteiger partial charge in [-0.1, -0.05) is 0 Å². The summed E-state index contributed by atoms with van der Waals surface area (Å²) in [6.07, 6.45) is 4.70. The van der Waals surface area contributed by atoms with E-state index in [-0.39, 0.29) is 5.88 Å². The van der Waals surface area contributed by atoms with Gasteiger partial charge < -0.3 is 14.1 Å². The number of furan rings is 1. The summed E-state index contributed by atoms with van der Waals surface area (Å²) in [5.74, 6) is 0.718. The van der Waals surface area contributed by atoms with Crippen LogP contribution in [0, 0.1) is 0 Å². The van der Waals surface area contributed by atoms with Gasteiger partial charge in [0.2, 0.25) is 5.88 Å². The summed E-state index contributed by atoms with van der Waals surface area (Å²) >= 11 is 0. The summed E-state index contributed by atoms with van der Waals surface area (Å²) in [7, 11) is 1.81. The third-order valence-electron chi connectivity index (χ3n) is 1.64. The molecule has 62 valence electrons. The molecular weight excluding hydrogens is 156 g/mol. The highest BCUT2D eigenvalue weighted by molar-refractivity contribution is 5.54. The van der Waals surface area contributed by atoms with Crippen LogP contribution >= 0.6 is 0 Å². The minimum Gasteiger partial charge on any atom is -0.492 e. The first kappa shape index (κ1) is 6.97. The molecule has 0 saturated carbocycles. The van der Waals surface area contributed by atoms with E-state index in [0.717, 1.165) is 5.56 Å². The van der Waals surface area contributed by atoms with E-state index < -0.39 is 0 Å². The van der Waals surface area contributed by atoms with Crippen molar-refractivity contribution in [3.05, 3.63) is 24.8 Å². The van der Waals surface area contributed by atoms with E-state index in [0.29, 0.717) is 5.82 Å². The fraction of sp³-hybridized carbons (Fsp3) is 0.125. The second-order valence-electron chi connectivity index (χ2n) is 2.55. The number of aryl methyl sites for hydroxylation is 1. The number of hydrogen-bond acceptors (Lipinski definition) is 3. The average molecular weight is 164 g/mol. The van der Waals surface area contributed by atoms with Crippen molar-refractivity contribution in [3.8, 4) is 17.3 Å². The van der Waals surface area contributed by atoms with Crippen LogP contribution in [0.5, 0.6) is 5.88 Å². The van der Waals surface area contributed by atoms with E-state index in [9.17, 15) is 0 Å². The number of aromatic hydroxyl groups is 1. The van der Waals surface area contributed by atoms with Gasteiger partial charge in [-0.2, -0.15) is 4.98 Å². The quantitative estimate of drug-likeness (QED) is 0.692. The molecule has 0 saturated heterocycles. The van der Waals surface area contributed by atoms with Crippen LogP contribution in [0.2, 0.25) is 0 Å². The van der Waals surface area contributed by atoms with Crippen molar-refractivity contribution in [2.24, 2.45) is 7.05 Å². The summed E-state index contributed by atoms with van der Waals surface area (Å²) in [4.78, 5) is 3.91. The monoisotopic (exact) mass is 164 g/mol. The molecule has 2 aromatic heterocycles. The van der Waals surface area contributed by atoms with Gasteiger partial charge in [-0.25, -0.2) is 0 Å². The second kappa shape index (κ2) is 2.41. The minimum atomic E-state index is 0.0219. The first-order chi connectivity index (χ1) is 5.77. The first-order valence-corrected chi connectivity index (χ1v) is 3.52. The van der Waals surface area contributed by atoms with E-state index in [4.69, 9.17) is 9.52 Å². The van der Waals surface area contributed by atoms with Gasteiger partial charge in [-0.05, 0) is 6.07 Å². The smallest absolute Gasteiger partial charge is 0.229 e. The molecule has 2 aromatic rings. The molecule has 0 atom stereocenters. The number of rotatable bonds is 1. The molecule has 0 fully saturated rings. The third kappa shape index (κ3) is 0.972. The fourth-order valence-electron chi connectivity index (χ4n) is 1.11. The van der Waals surface area contributed by atoms with Crippen LogP contribution in [0.3, 0.4) is 0 Å². The second-order valence-corrected chi connectivity index (χ2v) is 2.55. The zero-order valence-corrected chi connectivity index (χ0v) is 6.56. The number of aromatic nitrogens is 2. The molecule has 0 unspecified atom stereocenters. The maximum absolute atomic E-state index is 9.07. The summed E-state index contributed by atoms with van der Waals surface area (Å²) in [5, 5.41) is 9.07. The van der Waals surface area contributed by atoms with Crippen LogP contribution in [0.15, 0.2) is 29.2 Å². The fourth-order valence-corrected chi connectivity index (χ4v) is 1.11. The van der Waals surface area contributed by atoms with Gasteiger partial charge in [-0.15, -0.1) is 0 Å². The molecule has 0 aliphatic carbocycles. The lowest BCUT2D eigenvalue weighted by atomic mass is 10.3. The van der Waals surface area contributed by atoms with E-state index >= 15 is 0 Å². The Hall–Kier alpha value is -1.71. The van der Waals surface area contributed by atoms with Gasteiger partial charge in [0.25, 0.3) is 0 Å². The molecule has 0 aliphatic heterocycles. The van der Waals surface area contributed by atoms with Crippen molar-refractivity contribution in [3.63, 3.8) is 0 Å². The molecule has 1 N–H and O–H groups in total. The van der Waals surface area contributed by atoms with E-state index in [1.807, 2.05) is 7.05 Å². The summed E-state index contributed by atoms with van der Waals surface area (Å²) < 4.78 is 6.63. The SMILES string of the molecule is Cn1cc(O)nc1-c1ccoc1. The predicted molar refractivity (Wildman–Crippen MR) is 42.6 cm³/mol. The normalized spacial score (nSPS) is 10.4. The molecule has 0 aromatic carbocycles. The zero-order chi connectivity index (χ0) is 8.55. The van der Waals surface area contributed by atoms with Crippen LogP contribution in [-0.4, -0.2) is 14.7 Å². The molecule has 0 aliphatic rings. The number of hydrogen-bond donors (Lipinski definition) is 1. The van der Waals surface area contributed by atoms with Crippen LogP contribution in [0.1, 0.15) is 0 Å². The number of nitrogens with zero attached hydrogens (tertiary/aromatic N) is 2. The van der Waals surface area contributed by atoms with Gasteiger partial charge in [0.1, 0.15) is 12.1 Å². The summed E-state index contributed by atoms with van der Waals surface area (Å²) in [5.41, 5.74) is 0.859. The molecule has 0 radical (unpaired) electrons. The van der Waals surface area contributed by atoms with Crippen LogP contribution < -0.4 is 0 Å². The highest BCUT2D eigenvalue weighted by atomic mass is 16.3. The Kier molecular flexibility index (Phi) is 1.40. The van der Waals surface area contributed by atoms with Crippen LogP contribution in [0.25, 0.3) is 11.4 Å². The zero-order valence-electron chi connectivity index (χ0n) is 6.56. The van der Waals surface area contributed by atoms with E-state index in [1.54, 1.807) is 29.4 Å². The lowest BCUT2D eigenvalue weighted by molar-refractivity contribution is 0.456. The minimum absolute atomic E-state index is 0.0219. The summed E-state index contributed by atoms with van der Waals surface area (Å²) in [6, 6.07) is 1.79. The van der Waals surface area contributed by atoms with E-state index in [2.05, 4.69) is 4.98 Å². The van der Waals surface area contributed by atoms with Crippen molar-refractivity contribution in [2.45, 2.75) is 0 Å². The maximum atomic E-state index is 9.07. The summed E-state index contributed by atoms with van der Waals surface area (Å²) in [6.45, 7) is 0. The Balaban J connectivity index is 2.54. The molecule has 0 bridgehead atoms. The molecule has 0 spiro atoms. The Morgan fingerprint density at radius 1 is 1.58 bits per heavy atom. The first-order valence-electron chi connectivity index (χ1n) is 3.52. The van der Waals surface area contributed by atoms with Gasteiger partial charge >= 0.3 is 0 Å². The van der Waals surface area contributed by atoms with Crippen LogP contribution in [-0.2, 0) is 7.05 Å². The van der Waals surface area contributed by atoms with Gasteiger partial charge in [0.05, 0.1) is 18.0 Å². The topological polar surface area (TPSA) is 51.2 Å². The molecule has 0 amide bonds. The van der Waals surface area contributed by atoms with Crippen molar-refractivity contribution in [2.75, 3.05) is 0 Å². The van der Waals surface area contributed by atoms with Crippen molar-refractivity contribution in [1.29, 1.82) is 0 Å². The van der Waals surface area contributed by atoms with Gasteiger partial charge in [0, 0.05) is 7.05 Å². The Bertz CT molecular complexity index is 376. The molecule has 4 heteroatoms. The lowest BCUT2D eigenvalue weighted by Crippen LogP contribution is -1.88. The maximum Gasteiger partial charge on any atom is 0.229 e. The average Bonchev–Trinajstić information content (AvgIpc) is 2.58. The van der Waals surface area contributed by atoms with Crippen molar-refractivity contribution >= 4 is 0 Å². The van der Waals surface area contributed by atoms with Gasteiger partial charge in [-0.3, -0.25) is 0 Å². The molecule has 4 nitrogen and oxygen atoms in total. The molecular formula is C8H8N2O2. The van der Waals surface area contributed by atoms with Crippen molar-refractivity contribution < 1.29 is 9.52 Å². The lowest BCUT2D eigenvalue weighted by Gasteiger charge is -1.94. The standard InChI is InChI=1S/C8H8N2O2/c1-10-4-7(11)9-8(10)6-2-3-12-5-6/h2-5,11H,1H3. The highest BCUT2D eigenvalue weighted by Crippen LogP contribution is 2.20. The molecule has 2 rings (SSSR count). The highest BCUT2D eigenvalue weighted by Gasteiger charge is 2.06. The van der Waals surface area contributed by atoms with Gasteiger partial charge in [0.15, 0.2) is 0 Å². The molecule has 2 heterocycles. The van der Waals surface area contributed by atoms with E-state index in [1.165, 1.54) is 0 Å². The largest absolute Gasteiger partial charge is 0.492 e. The number of imidazole rings is 1. The van der Waals surface area contributed by atoms with Crippen LogP contribution in [0.4, 0.5) is 0 Å². The Morgan fingerprint density at radius 2 is 2.42 bits per heavy atom. The molecule has 12 heavy (non-hydrogen) atoms.